The van der Waals surface area contributed by atoms with Crippen LogP contribution in [-0.4, -0.2) is 15.2 Å². The molecule has 1 aliphatic carbocycles. The van der Waals surface area contributed by atoms with Crippen LogP contribution < -0.4 is 5.73 Å². The van der Waals surface area contributed by atoms with Crippen LogP contribution in [0, 0.1) is 0 Å². The number of rotatable bonds is 1. The first kappa shape index (κ1) is 10.7. The lowest BCUT2D eigenvalue weighted by atomic mass is 9.94. The molecule has 1 aromatic carbocycles. The Morgan fingerprint density at radius 3 is 2.89 bits per heavy atom. The van der Waals surface area contributed by atoms with Crippen molar-refractivity contribution in [1.82, 2.24) is 15.2 Å². The van der Waals surface area contributed by atoms with Crippen LogP contribution in [0.2, 0.25) is 0 Å². The standard InChI is InChI=1S/C15H16N4/c16-15-12(8-17-19-15)9-5-6-14-11(7-9)10-3-1-2-4-13(10)18-14/h5-8,18H,1-4H2,(H3,16,17,19). The van der Waals surface area contributed by atoms with Gasteiger partial charge in [0, 0.05) is 22.2 Å². The topological polar surface area (TPSA) is 70.5 Å². The van der Waals surface area contributed by atoms with E-state index in [0.29, 0.717) is 5.82 Å². The number of hydrogen-bond acceptors (Lipinski definition) is 2. The van der Waals surface area contributed by atoms with E-state index in [4.69, 9.17) is 5.73 Å². The molecule has 2 heterocycles. The number of nitrogens with one attached hydrogen (secondary N) is 2. The van der Waals surface area contributed by atoms with E-state index in [2.05, 4.69) is 33.4 Å². The van der Waals surface area contributed by atoms with Gasteiger partial charge >= 0.3 is 0 Å². The normalized spacial score (nSPS) is 14.7. The van der Waals surface area contributed by atoms with Crippen LogP contribution in [0.25, 0.3) is 22.0 Å². The molecule has 96 valence electrons. The molecule has 0 amide bonds. The Balaban J connectivity index is 1.93. The van der Waals surface area contributed by atoms with Gasteiger partial charge in [-0.15, -0.1) is 0 Å². The summed E-state index contributed by atoms with van der Waals surface area (Å²) in [6, 6.07) is 6.48. The van der Waals surface area contributed by atoms with Crippen molar-refractivity contribution in [2.45, 2.75) is 25.7 Å². The number of aryl methyl sites for hydroxylation is 2. The number of nitrogens with zero attached hydrogens (tertiary/aromatic N) is 1. The predicted molar refractivity (Wildman–Crippen MR) is 76.9 cm³/mol. The maximum Gasteiger partial charge on any atom is 0.126 e. The molecule has 4 heteroatoms. The highest BCUT2D eigenvalue weighted by molar-refractivity contribution is 5.90. The predicted octanol–water partition coefficient (Wildman–Crippen LogP) is 3.02. The number of aromatic nitrogens is 3. The molecule has 0 aliphatic heterocycles. The highest BCUT2D eigenvalue weighted by Crippen LogP contribution is 2.33. The van der Waals surface area contributed by atoms with E-state index in [-0.39, 0.29) is 0 Å². The zero-order valence-electron chi connectivity index (χ0n) is 10.7. The molecular formula is C15H16N4. The fourth-order valence-corrected chi connectivity index (χ4v) is 3.10. The van der Waals surface area contributed by atoms with Crippen molar-refractivity contribution in [3.63, 3.8) is 0 Å². The molecule has 4 nitrogen and oxygen atoms in total. The lowest BCUT2D eigenvalue weighted by molar-refractivity contribution is 0.680. The minimum atomic E-state index is 0.628. The molecule has 0 radical (unpaired) electrons. The summed E-state index contributed by atoms with van der Waals surface area (Å²) >= 11 is 0. The zero-order valence-corrected chi connectivity index (χ0v) is 10.7. The van der Waals surface area contributed by atoms with Crippen molar-refractivity contribution < 1.29 is 0 Å². The van der Waals surface area contributed by atoms with Gasteiger partial charge in [0.1, 0.15) is 5.82 Å². The number of anilines is 1. The summed E-state index contributed by atoms with van der Waals surface area (Å²) in [6.45, 7) is 0. The van der Waals surface area contributed by atoms with Gasteiger partial charge in [-0.1, -0.05) is 6.07 Å². The molecule has 0 unspecified atom stereocenters. The summed E-state index contributed by atoms with van der Waals surface area (Å²) < 4.78 is 0. The molecule has 4 rings (SSSR count). The smallest absolute Gasteiger partial charge is 0.126 e. The van der Waals surface area contributed by atoms with Crippen molar-refractivity contribution in [3.05, 3.63) is 35.7 Å². The Labute approximate surface area is 111 Å². The van der Waals surface area contributed by atoms with E-state index in [1.807, 2.05) is 0 Å². The van der Waals surface area contributed by atoms with Crippen molar-refractivity contribution >= 4 is 16.7 Å². The SMILES string of the molecule is Nc1[nH]ncc1-c1ccc2[nH]c3c(c2c1)CCCC3. The fourth-order valence-electron chi connectivity index (χ4n) is 3.10. The summed E-state index contributed by atoms with van der Waals surface area (Å²) in [6.07, 6.45) is 6.72. The van der Waals surface area contributed by atoms with Crippen molar-refractivity contribution in [2.24, 2.45) is 0 Å². The van der Waals surface area contributed by atoms with Gasteiger partial charge in [0.25, 0.3) is 0 Å². The van der Waals surface area contributed by atoms with E-state index in [1.54, 1.807) is 6.20 Å². The molecule has 0 saturated heterocycles. The summed E-state index contributed by atoms with van der Waals surface area (Å²) in [5, 5.41) is 8.13. The molecule has 1 aliphatic rings. The minimum Gasteiger partial charge on any atom is -0.384 e. The number of benzene rings is 1. The molecule has 4 N–H and O–H groups in total. The quantitative estimate of drug-likeness (QED) is 0.623. The van der Waals surface area contributed by atoms with Crippen LogP contribution in [-0.2, 0) is 12.8 Å². The molecule has 2 aromatic heterocycles. The lowest BCUT2D eigenvalue weighted by Gasteiger charge is -2.10. The Hall–Kier alpha value is -2.23. The van der Waals surface area contributed by atoms with Crippen LogP contribution in [0.1, 0.15) is 24.1 Å². The summed E-state index contributed by atoms with van der Waals surface area (Å²) in [5.74, 6) is 0.628. The molecule has 0 saturated carbocycles. The third-order valence-corrected chi connectivity index (χ3v) is 4.08. The average molecular weight is 252 g/mol. The number of H-pyrrole nitrogens is 2. The van der Waals surface area contributed by atoms with Gasteiger partial charge in [0.15, 0.2) is 0 Å². The van der Waals surface area contributed by atoms with Crippen molar-refractivity contribution in [1.29, 1.82) is 0 Å². The van der Waals surface area contributed by atoms with E-state index in [9.17, 15) is 0 Å². The molecule has 0 atom stereocenters. The van der Waals surface area contributed by atoms with Crippen LogP contribution in [0.5, 0.6) is 0 Å². The monoisotopic (exact) mass is 252 g/mol. The number of nitrogens with two attached hydrogens (primary N) is 1. The summed E-state index contributed by atoms with van der Waals surface area (Å²) in [4.78, 5) is 3.55. The largest absolute Gasteiger partial charge is 0.384 e. The first-order valence-electron chi connectivity index (χ1n) is 6.75. The van der Waals surface area contributed by atoms with Gasteiger partial charge in [-0.05, 0) is 48.9 Å². The van der Waals surface area contributed by atoms with Crippen molar-refractivity contribution in [3.8, 4) is 11.1 Å². The van der Waals surface area contributed by atoms with Crippen molar-refractivity contribution in [2.75, 3.05) is 5.73 Å². The van der Waals surface area contributed by atoms with Gasteiger partial charge in [0.05, 0.1) is 6.20 Å². The molecular weight excluding hydrogens is 236 g/mol. The van der Waals surface area contributed by atoms with Crippen LogP contribution >= 0.6 is 0 Å². The summed E-state index contributed by atoms with van der Waals surface area (Å²) in [7, 11) is 0. The average Bonchev–Trinajstić information content (AvgIpc) is 3.01. The Morgan fingerprint density at radius 1 is 1.16 bits per heavy atom. The van der Waals surface area contributed by atoms with E-state index < -0.39 is 0 Å². The first-order chi connectivity index (χ1) is 9.33. The number of nitrogen functional groups attached to an aromatic ring is 1. The summed E-state index contributed by atoms with van der Waals surface area (Å²) in [5.41, 5.74) is 12.2. The second-order valence-corrected chi connectivity index (χ2v) is 5.25. The lowest BCUT2D eigenvalue weighted by Crippen LogP contribution is -1.99. The van der Waals surface area contributed by atoms with Crippen LogP contribution in [0.4, 0.5) is 5.82 Å². The third-order valence-electron chi connectivity index (χ3n) is 4.08. The third kappa shape index (κ3) is 1.56. The second-order valence-electron chi connectivity index (χ2n) is 5.25. The molecule has 0 bridgehead atoms. The molecule has 19 heavy (non-hydrogen) atoms. The Kier molecular flexibility index (Phi) is 2.18. The van der Waals surface area contributed by atoms with Gasteiger partial charge in [-0.3, -0.25) is 5.10 Å². The molecule has 0 spiro atoms. The number of fused-ring (bicyclic) bond motifs is 3. The van der Waals surface area contributed by atoms with Gasteiger partial charge in [-0.2, -0.15) is 5.10 Å². The first-order valence-corrected chi connectivity index (χ1v) is 6.75. The van der Waals surface area contributed by atoms with Crippen LogP contribution in [0.3, 0.4) is 0 Å². The zero-order chi connectivity index (χ0) is 12.8. The fraction of sp³-hybridized carbons (Fsp3) is 0.267. The highest BCUT2D eigenvalue weighted by atomic mass is 15.1. The Bertz CT molecular complexity index is 751. The van der Waals surface area contributed by atoms with Gasteiger partial charge in [0.2, 0.25) is 0 Å². The maximum atomic E-state index is 5.90. The van der Waals surface area contributed by atoms with E-state index >= 15 is 0 Å². The minimum absolute atomic E-state index is 0.628. The highest BCUT2D eigenvalue weighted by Gasteiger charge is 2.16. The van der Waals surface area contributed by atoms with E-state index in [0.717, 1.165) is 11.1 Å². The molecule has 0 fully saturated rings. The van der Waals surface area contributed by atoms with Gasteiger partial charge < -0.3 is 10.7 Å². The van der Waals surface area contributed by atoms with Gasteiger partial charge in [-0.25, -0.2) is 0 Å². The maximum absolute atomic E-state index is 5.90. The molecule has 3 aromatic rings. The second kappa shape index (κ2) is 3.88. The number of aromatic amines is 2. The van der Waals surface area contributed by atoms with Crippen LogP contribution in [0.15, 0.2) is 24.4 Å². The number of hydrogen-bond donors (Lipinski definition) is 3. The Morgan fingerprint density at radius 2 is 2.05 bits per heavy atom. The van der Waals surface area contributed by atoms with E-state index in [1.165, 1.54) is 47.8 Å².